The first kappa shape index (κ1) is 15.9. The van der Waals surface area contributed by atoms with Crippen LogP contribution in [0.4, 0.5) is 13.2 Å². The van der Waals surface area contributed by atoms with Crippen molar-refractivity contribution >= 4 is 17.7 Å². The van der Waals surface area contributed by atoms with Gasteiger partial charge in [0.05, 0.1) is 12.3 Å². The number of hydrogen-bond acceptors (Lipinski definition) is 2. The van der Waals surface area contributed by atoms with E-state index in [1.807, 2.05) is 31.2 Å². The third-order valence-electron chi connectivity index (χ3n) is 3.88. The van der Waals surface area contributed by atoms with E-state index in [4.69, 9.17) is 0 Å². The highest BCUT2D eigenvalue weighted by Crippen LogP contribution is 2.41. The van der Waals surface area contributed by atoms with Crippen molar-refractivity contribution in [3.05, 3.63) is 70.5 Å². The van der Waals surface area contributed by atoms with Gasteiger partial charge in [-0.2, -0.15) is 0 Å². The predicted octanol–water partition coefficient (Wildman–Crippen LogP) is 4.19. The lowest BCUT2D eigenvalue weighted by atomic mass is 10.1. The summed E-state index contributed by atoms with van der Waals surface area (Å²) in [5.41, 5.74) is 1.96. The van der Waals surface area contributed by atoms with Gasteiger partial charge >= 0.3 is 0 Å². The van der Waals surface area contributed by atoms with Crippen LogP contribution in [-0.4, -0.2) is 16.6 Å². The second-order valence-corrected chi connectivity index (χ2v) is 6.44. The molecule has 0 aromatic heterocycles. The van der Waals surface area contributed by atoms with E-state index in [1.165, 1.54) is 22.7 Å². The number of carbonyl (C=O) groups excluding carboxylic acids is 1. The van der Waals surface area contributed by atoms with Crippen LogP contribution in [0.5, 0.6) is 0 Å². The third-order valence-corrected chi connectivity index (χ3v) is 5.12. The maximum Gasteiger partial charge on any atom is 0.234 e. The molecule has 120 valence electrons. The number of hydrogen-bond donors (Lipinski definition) is 0. The van der Waals surface area contributed by atoms with Crippen LogP contribution >= 0.6 is 11.8 Å². The fraction of sp³-hybridized carbons (Fsp3) is 0.235. The maximum atomic E-state index is 13.9. The number of nitrogens with zero attached hydrogens (tertiary/aromatic N) is 1. The normalized spacial score (nSPS) is 17.8. The second kappa shape index (κ2) is 6.28. The molecule has 23 heavy (non-hydrogen) atoms. The second-order valence-electron chi connectivity index (χ2n) is 5.38. The third kappa shape index (κ3) is 2.95. The van der Waals surface area contributed by atoms with Gasteiger partial charge in [-0.1, -0.05) is 30.3 Å². The van der Waals surface area contributed by atoms with Crippen molar-refractivity contribution in [2.75, 3.05) is 5.75 Å². The summed E-state index contributed by atoms with van der Waals surface area (Å²) in [6.07, 6.45) is 0. The smallest absolute Gasteiger partial charge is 0.234 e. The number of thioether (sulfide) groups is 1. The van der Waals surface area contributed by atoms with Gasteiger partial charge in [0.15, 0.2) is 17.5 Å². The first-order valence-corrected chi connectivity index (χ1v) is 8.13. The first-order valence-electron chi connectivity index (χ1n) is 7.08. The van der Waals surface area contributed by atoms with Crippen molar-refractivity contribution in [1.29, 1.82) is 0 Å². The van der Waals surface area contributed by atoms with Gasteiger partial charge in [-0.05, 0) is 24.1 Å². The molecule has 1 saturated heterocycles. The zero-order chi connectivity index (χ0) is 16.6. The first-order chi connectivity index (χ1) is 11.0. The molecule has 0 radical (unpaired) electrons. The van der Waals surface area contributed by atoms with Gasteiger partial charge in [0.1, 0.15) is 5.37 Å². The Balaban J connectivity index is 1.93. The summed E-state index contributed by atoms with van der Waals surface area (Å²) in [6.45, 7) is 1.85. The summed E-state index contributed by atoms with van der Waals surface area (Å²) in [5, 5.41) is -0.254. The zero-order valence-corrected chi connectivity index (χ0v) is 13.2. The Morgan fingerprint density at radius 1 is 1.13 bits per heavy atom. The molecule has 2 nitrogen and oxygen atoms in total. The van der Waals surface area contributed by atoms with Gasteiger partial charge < -0.3 is 4.90 Å². The summed E-state index contributed by atoms with van der Waals surface area (Å²) < 4.78 is 40.3. The molecule has 1 unspecified atom stereocenters. The van der Waals surface area contributed by atoms with Crippen LogP contribution in [0.1, 0.15) is 22.1 Å². The molecule has 0 aliphatic carbocycles. The Morgan fingerprint density at radius 2 is 1.87 bits per heavy atom. The quantitative estimate of drug-likeness (QED) is 0.783. The van der Waals surface area contributed by atoms with Crippen molar-refractivity contribution in [3.8, 4) is 0 Å². The van der Waals surface area contributed by atoms with E-state index in [2.05, 4.69) is 0 Å². The number of amides is 1. The summed E-state index contributed by atoms with van der Waals surface area (Å²) in [4.78, 5) is 13.7. The van der Waals surface area contributed by atoms with Crippen LogP contribution < -0.4 is 0 Å². The van der Waals surface area contributed by atoms with Crippen molar-refractivity contribution < 1.29 is 18.0 Å². The van der Waals surface area contributed by atoms with E-state index in [0.717, 1.165) is 17.2 Å². The number of aryl methyl sites for hydroxylation is 1. The minimum absolute atomic E-state index is 0.0293. The van der Waals surface area contributed by atoms with Crippen molar-refractivity contribution in [3.63, 3.8) is 0 Å². The van der Waals surface area contributed by atoms with Gasteiger partial charge in [0.25, 0.3) is 0 Å². The highest BCUT2D eigenvalue weighted by Gasteiger charge is 2.34. The molecule has 1 amide bonds. The van der Waals surface area contributed by atoms with E-state index in [9.17, 15) is 18.0 Å². The fourth-order valence-corrected chi connectivity index (χ4v) is 3.90. The molecule has 0 N–H and O–H groups in total. The molecule has 1 aliphatic heterocycles. The standard InChI is InChI=1S/C17H14F3NOS/c1-10-4-2-3-5-12(10)17-21(14(22)9-23-17)8-11-6-7-13(18)16(20)15(11)19/h2-7,17H,8-9H2,1H3. The highest BCUT2D eigenvalue weighted by atomic mass is 32.2. The molecule has 1 heterocycles. The topological polar surface area (TPSA) is 20.3 Å². The van der Waals surface area contributed by atoms with Crippen LogP contribution in [0, 0.1) is 24.4 Å². The Morgan fingerprint density at radius 3 is 2.61 bits per heavy atom. The lowest BCUT2D eigenvalue weighted by Gasteiger charge is -2.25. The van der Waals surface area contributed by atoms with Crippen molar-refractivity contribution in [1.82, 2.24) is 4.90 Å². The predicted molar refractivity (Wildman–Crippen MR) is 83.2 cm³/mol. The van der Waals surface area contributed by atoms with Crippen LogP contribution in [-0.2, 0) is 11.3 Å². The summed E-state index contributed by atoms with van der Waals surface area (Å²) >= 11 is 1.44. The Kier molecular flexibility index (Phi) is 4.35. The molecular formula is C17H14F3NOS. The maximum absolute atomic E-state index is 13.9. The summed E-state index contributed by atoms with van der Waals surface area (Å²) in [5.74, 6) is -3.84. The van der Waals surface area contributed by atoms with Gasteiger partial charge in [-0.15, -0.1) is 11.8 Å². The van der Waals surface area contributed by atoms with Crippen LogP contribution in [0.3, 0.4) is 0 Å². The molecule has 1 aliphatic rings. The molecule has 6 heteroatoms. The monoisotopic (exact) mass is 337 g/mol. The minimum Gasteiger partial charge on any atom is -0.321 e. The largest absolute Gasteiger partial charge is 0.321 e. The summed E-state index contributed by atoms with van der Waals surface area (Å²) in [6, 6.07) is 9.69. The molecule has 2 aromatic rings. The Hall–Kier alpha value is -1.95. The lowest BCUT2D eigenvalue weighted by Crippen LogP contribution is -2.28. The molecule has 3 rings (SSSR count). The average molecular weight is 337 g/mol. The van der Waals surface area contributed by atoms with Crippen molar-refractivity contribution in [2.24, 2.45) is 0 Å². The van der Waals surface area contributed by atoms with Gasteiger partial charge in [0, 0.05) is 5.56 Å². The lowest BCUT2D eigenvalue weighted by molar-refractivity contribution is -0.128. The summed E-state index contributed by atoms with van der Waals surface area (Å²) in [7, 11) is 0. The molecule has 1 fully saturated rings. The van der Waals surface area contributed by atoms with Crippen LogP contribution in [0.2, 0.25) is 0 Å². The molecule has 1 atom stereocenters. The minimum atomic E-state index is -1.51. The highest BCUT2D eigenvalue weighted by molar-refractivity contribution is 8.00. The molecule has 2 aromatic carbocycles. The number of benzene rings is 2. The van der Waals surface area contributed by atoms with Crippen LogP contribution in [0.15, 0.2) is 36.4 Å². The molecular weight excluding hydrogens is 323 g/mol. The fourth-order valence-electron chi connectivity index (χ4n) is 2.62. The van der Waals surface area contributed by atoms with E-state index >= 15 is 0 Å². The van der Waals surface area contributed by atoms with Gasteiger partial charge in [-0.3, -0.25) is 4.79 Å². The number of rotatable bonds is 3. The SMILES string of the molecule is Cc1ccccc1C1SCC(=O)N1Cc1ccc(F)c(F)c1F. The molecule has 0 bridgehead atoms. The van der Waals surface area contributed by atoms with E-state index in [0.29, 0.717) is 0 Å². The van der Waals surface area contributed by atoms with Crippen LogP contribution in [0.25, 0.3) is 0 Å². The zero-order valence-electron chi connectivity index (χ0n) is 12.4. The van der Waals surface area contributed by atoms with Gasteiger partial charge in [0.2, 0.25) is 5.91 Å². The molecule has 0 saturated carbocycles. The molecule has 0 spiro atoms. The average Bonchev–Trinajstić information content (AvgIpc) is 2.89. The van der Waals surface area contributed by atoms with E-state index in [-0.39, 0.29) is 29.1 Å². The van der Waals surface area contributed by atoms with E-state index < -0.39 is 17.5 Å². The number of carbonyl (C=O) groups is 1. The Labute approximate surface area is 136 Å². The van der Waals surface area contributed by atoms with Gasteiger partial charge in [-0.25, -0.2) is 13.2 Å². The number of halogens is 3. The van der Waals surface area contributed by atoms with Crippen molar-refractivity contribution in [2.45, 2.75) is 18.8 Å². The Bertz CT molecular complexity index is 765. The van der Waals surface area contributed by atoms with E-state index in [1.54, 1.807) is 0 Å².